The van der Waals surface area contributed by atoms with E-state index >= 15 is 0 Å². The molecule has 0 unspecified atom stereocenters. The van der Waals surface area contributed by atoms with Gasteiger partial charge < -0.3 is 9.73 Å². The molecule has 0 aliphatic rings. The van der Waals surface area contributed by atoms with Gasteiger partial charge in [-0.25, -0.2) is 0 Å². The van der Waals surface area contributed by atoms with Crippen molar-refractivity contribution in [1.29, 1.82) is 0 Å². The predicted octanol–water partition coefficient (Wildman–Crippen LogP) is 3.88. The third-order valence-corrected chi connectivity index (χ3v) is 3.40. The molecule has 0 aliphatic carbocycles. The molecule has 0 bridgehead atoms. The first-order valence-corrected chi connectivity index (χ1v) is 6.84. The summed E-state index contributed by atoms with van der Waals surface area (Å²) in [7, 11) is 0. The Balaban J connectivity index is 1.90. The highest BCUT2D eigenvalue weighted by Crippen LogP contribution is 2.29. The van der Waals surface area contributed by atoms with Crippen LogP contribution in [0, 0.1) is 0 Å². The third-order valence-electron chi connectivity index (χ3n) is 2.77. The Bertz CT molecular complexity index is 565. The van der Waals surface area contributed by atoms with Gasteiger partial charge in [-0.15, -0.1) is 0 Å². The molecule has 1 atom stereocenters. The fourth-order valence-electron chi connectivity index (χ4n) is 1.68. The fraction of sp³-hybridized carbons (Fsp3) is 0.214. The maximum atomic E-state index is 11.9. The normalized spacial score (nSPS) is 12.2. The maximum Gasteiger partial charge on any atom is 0.238 e. The van der Waals surface area contributed by atoms with Gasteiger partial charge in [-0.3, -0.25) is 10.1 Å². The molecule has 0 saturated carbocycles. The second kappa shape index (κ2) is 6.79. The summed E-state index contributed by atoms with van der Waals surface area (Å²) in [6.45, 7) is 2.04. The van der Waals surface area contributed by atoms with Gasteiger partial charge in [-0.1, -0.05) is 29.3 Å². The van der Waals surface area contributed by atoms with Crippen molar-refractivity contribution in [1.82, 2.24) is 5.32 Å². The lowest BCUT2D eigenvalue weighted by Crippen LogP contribution is -2.30. The van der Waals surface area contributed by atoms with Gasteiger partial charge in [0.15, 0.2) is 0 Å². The minimum atomic E-state index is -0.224. The van der Waals surface area contributed by atoms with E-state index in [2.05, 4.69) is 10.6 Å². The first kappa shape index (κ1) is 14.9. The minimum Gasteiger partial charge on any atom is -0.468 e. The Morgan fingerprint density at radius 1 is 1.25 bits per heavy atom. The molecule has 4 nitrogen and oxygen atoms in total. The van der Waals surface area contributed by atoms with E-state index in [1.807, 2.05) is 13.0 Å². The lowest BCUT2D eigenvalue weighted by atomic mass is 10.2. The van der Waals surface area contributed by atoms with Gasteiger partial charge in [-0.05, 0) is 31.2 Å². The van der Waals surface area contributed by atoms with E-state index in [-0.39, 0.29) is 18.5 Å². The van der Waals surface area contributed by atoms with Crippen molar-refractivity contribution in [3.8, 4) is 0 Å². The molecular formula is C14H14Cl2N2O2. The van der Waals surface area contributed by atoms with Crippen molar-refractivity contribution < 1.29 is 9.21 Å². The molecule has 0 saturated heterocycles. The van der Waals surface area contributed by atoms with Crippen LogP contribution in [0.2, 0.25) is 10.0 Å². The lowest BCUT2D eigenvalue weighted by Gasteiger charge is -2.12. The number of carbonyl (C=O) groups excluding carboxylic acids is 1. The standard InChI is InChI=1S/C14H14Cl2N2O2/c1-9(12-6-3-7-20-12)17-8-13(19)18-14-10(15)4-2-5-11(14)16/h2-7,9,17H,8H2,1H3,(H,18,19)/t9-/m0/s1. The maximum absolute atomic E-state index is 11.9. The van der Waals surface area contributed by atoms with Gasteiger partial charge in [0, 0.05) is 0 Å². The molecule has 1 aromatic carbocycles. The second-order valence-corrected chi connectivity index (χ2v) is 5.08. The summed E-state index contributed by atoms with van der Waals surface area (Å²) in [4.78, 5) is 11.9. The first-order valence-electron chi connectivity index (χ1n) is 6.08. The Hall–Kier alpha value is -1.49. The molecule has 0 fully saturated rings. The van der Waals surface area contributed by atoms with Crippen molar-refractivity contribution in [3.63, 3.8) is 0 Å². The summed E-state index contributed by atoms with van der Waals surface area (Å²) in [5, 5.41) is 6.55. The number of para-hydroxylation sites is 1. The van der Waals surface area contributed by atoms with Crippen LogP contribution in [0.15, 0.2) is 41.0 Å². The summed E-state index contributed by atoms with van der Waals surface area (Å²) in [5.74, 6) is 0.548. The van der Waals surface area contributed by atoms with Gasteiger partial charge >= 0.3 is 0 Å². The van der Waals surface area contributed by atoms with Crippen LogP contribution in [-0.4, -0.2) is 12.5 Å². The molecular weight excluding hydrogens is 299 g/mol. The topological polar surface area (TPSA) is 54.3 Å². The predicted molar refractivity (Wildman–Crippen MR) is 80.2 cm³/mol. The number of halogens is 2. The van der Waals surface area contributed by atoms with Crippen molar-refractivity contribution in [2.75, 3.05) is 11.9 Å². The van der Waals surface area contributed by atoms with Crippen LogP contribution in [0.5, 0.6) is 0 Å². The molecule has 2 rings (SSSR count). The molecule has 20 heavy (non-hydrogen) atoms. The summed E-state index contributed by atoms with van der Waals surface area (Å²) >= 11 is 12.0. The average molecular weight is 313 g/mol. The van der Waals surface area contributed by atoms with Gasteiger partial charge in [0.05, 0.1) is 34.6 Å². The zero-order valence-electron chi connectivity index (χ0n) is 10.8. The molecule has 2 N–H and O–H groups in total. The first-order chi connectivity index (χ1) is 9.58. The Kier molecular flexibility index (Phi) is 5.06. The SMILES string of the molecule is C[C@H](NCC(=O)Nc1c(Cl)cccc1Cl)c1ccco1. The molecule has 2 aromatic rings. The van der Waals surface area contributed by atoms with Crippen LogP contribution in [-0.2, 0) is 4.79 Å². The van der Waals surface area contributed by atoms with Crippen molar-refractivity contribution >= 4 is 34.8 Å². The zero-order chi connectivity index (χ0) is 14.5. The fourth-order valence-corrected chi connectivity index (χ4v) is 2.18. The lowest BCUT2D eigenvalue weighted by molar-refractivity contribution is -0.115. The third kappa shape index (κ3) is 3.76. The van der Waals surface area contributed by atoms with Gasteiger partial charge in [0.2, 0.25) is 5.91 Å². The number of amides is 1. The van der Waals surface area contributed by atoms with Gasteiger partial charge in [-0.2, -0.15) is 0 Å². The number of anilines is 1. The summed E-state index contributed by atoms with van der Waals surface area (Å²) in [6, 6.07) is 8.65. The Labute approximate surface area is 127 Å². The quantitative estimate of drug-likeness (QED) is 0.881. The highest BCUT2D eigenvalue weighted by atomic mass is 35.5. The van der Waals surface area contributed by atoms with Crippen LogP contribution >= 0.6 is 23.2 Å². The summed E-state index contributed by atoms with van der Waals surface area (Å²) in [5.41, 5.74) is 0.424. The molecule has 106 valence electrons. The second-order valence-electron chi connectivity index (χ2n) is 4.26. The Morgan fingerprint density at radius 3 is 2.55 bits per heavy atom. The van der Waals surface area contributed by atoms with E-state index in [1.165, 1.54) is 0 Å². The van der Waals surface area contributed by atoms with E-state index in [0.29, 0.717) is 15.7 Å². The smallest absolute Gasteiger partial charge is 0.238 e. The van der Waals surface area contributed by atoms with Crippen molar-refractivity contribution in [2.45, 2.75) is 13.0 Å². The van der Waals surface area contributed by atoms with Crippen LogP contribution < -0.4 is 10.6 Å². The number of hydrogen-bond donors (Lipinski definition) is 2. The van der Waals surface area contributed by atoms with E-state index in [4.69, 9.17) is 27.6 Å². The van der Waals surface area contributed by atoms with E-state index < -0.39 is 0 Å². The van der Waals surface area contributed by atoms with Crippen molar-refractivity contribution in [3.05, 3.63) is 52.4 Å². The monoisotopic (exact) mass is 312 g/mol. The molecule has 1 heterocycles. The number of benzene rings is 1. The largest absolute Gasteiger partial charge is 0.468 e. The number of carbonyl (C=O) groups is 1. The van der Waals surface area contributed by atoms with Crippen molar-refractivity contribution in [2.24, 2.45) is 0 Å². The highest BCUT2D eigenvalue weighted by Gasteiger charge is 2.12. The number of furan rings is 1. The van der Waals surface area contributed by atoms with Crippen LogP contribution in [0.1, 0.15) is 18.7 Å². The molecule has 1 aromatic heterocycles. The number of hydrogen-bond acceptors (Lipinski definition) is 3. The molecule has 1 amide bonds. The van der Waals surface area contributed by atoms with Gasteiger partial charge in [0.25, 0.3) is 0 Å². The Morgan fingerprint density at radius 2 is 1.95 bits per heavy atom. The van der Waals surface area contributed by atoms with Crippen LogP contribution in [0.3, 0.4) is 0 Å². The van der Waals surface area contributed by atoms with E-state index in [0.717, 1.165) is 5.76 Å². The van der Waals surface area contributed by atoms with Crippen LogP contribution in [0.25, 0.3) is 0 Å². The summed E-state index contributed by atoms with van der Waals surface area (Å²) in [6.07, 6.45) is 1.59. The molecule has 0 aliphatic heterocycles. The molecule has 6 heteroatoms. The molecule has 0 radical (unpaired) electrons. The zero-order valence-corrected chi connectivity index (χ0v) is 12.3. The number of rotatable bonds is 5. The van der Waals surface area contributed by atoms with Gasteiger partial charge in [0.1, 0.15) is 5.76 Å². The van der Waals surface area contributed by atoms with E-state index in [1.54, 1.807) is 30.5 Å². The number of nitrogens with one attached hydrogen (secondary N) is 2. The molecule has 0 spiro atoms. The van der Waals surface area contributed by atoms with Crippen LogP contribution in [0.4, 0.5) is 5.69 Å². The summed E-state index contributed by atoms with van der Waals surface area (Å²) < 4.78 is 5.25. The minimum absolute atomic E-state index is 0.0579. The van der Waals surface area contributed by atoms with E-state index in [9.17, 15) is 4.79 Å². The average Bonchev–Trinajstić information content (AvgIpc) is 2.94. The highest BCUT2D eigenvalue weighted by molar-refractivity contribution is 6.39.